The molecule has 106 valence electrons. The Hall–Kier alpha value is -2.87. The van der Waals surface area contributed by atoms with Gasteiger partial charge in [0, 0.05) is 5.69 Å². The molecule has 1 amide bonds. The van der Waals surface area contributed by atoms with Gasteiger partial charge in [-0.15, -0.1) is 0 Å². The van der Waals surface area contributed by atoms with Gasteiger partial charge in [0.05, 0.1) is 11.6 Å². The highest BCUT2D eigenvalue weighted by molar-refractivity contribution is 5.91. The third-order valence-electron chi connectivity index (χ3n) is 2.81. The van der Waals surface area contributed by atoms with E-state index in [4.69, 9.17) is 10.00 Å². The maximum atomic E-state index is 13.3. The third kappa shape index (κ3) is 4.05. The first-order valence-corrected chi connectivity index (χ1v) is 6.27. The van der Waals surface area contributed by atoms with Gasteiger partial charge in [-0.2, -0.15) is 5.26 Å². The summed E-state index contributed by atoms with van der Waals surface area (Å²) in [6.07, 6.45) is 0. The standard InChI is InChI=1S/C16H13FN2O2/c1-11-2-5-13(8-15(11)17)19-16(20)10-21-14-6-3-12(9-18)4-7-14/h2-8H,10H2,1H3,(H,19,20). The normalized spacial score (nSPS) is 9.76. The van der Waals surface area contributed by atoms with Gasteiger partial charge in [-0.1, -0.05) is 6.07 Å². The summed E-state index contributed by atoms with van der Waals surface area (Å²) in [5.41, 5.74) is 1.41. The van der Waals surface area contributed by atoms with E-state index in [1.165, 1.54) is 6.07 Å². The molecule has 2 aromatic rings. The molecule has 0 fully saturated rings. The van der Waals surface area contributed by atoms with Crippen LogP contribution >= 0.6 is 0 Å². The molecule has 0 atom stereocenters. The van der Waals surface area contributed by atoms with Crippen molar-refractivity contribution >= 4 is 11.6 Å². The first kappa shape index (κ1) is 14.5. The Morgan fingerprint density at radius 2 is 2.00 bits per heavy atom. The van der Waals surface area contributed by atoms with E-state index in [1.54, 1.807) is 43.3 Å². The van der Waals surface area contributed by atoms with Gasteiger partial charge in [0.15, 0.2) is 6.61 Å². The van der Waals surface area contributed by atoms with Gasteiger partial charge in [0.1, 0.15) is 11.6 Å². The van der Waals surface area contributed by atoms with Crippen molar-refractivity contribution in [3.63, 3.8) is 0 Å². The molecule has 21 heavy (non-hydrogen) atoms. The zero-order chi connectivity index (χ0) is 15.2. The average Bonchev–Trinajstić information content (AvgIpc) is 2.49. The summed E-state index contributed by atoms with van der Waals surface area (Å²) in [6, 6.07) is 12.9. The molecule has 0 saturated heterocycles. The Morgan fingerprint density at radius 1 is 1.29 bits per heavy atom. The second kappa shape index (κ2) is 6.53. The maximum Gasteiger partial charge on any atom is 0.262 e. The van der Waals surface area contributed by atoms with Crippen molar-refractivity contribution in [2.45, 2.75) is 6.92 Å². The summed E-state index contributed by atoms with van der Waals surface area (Å²) >= 11 is 0. The van der Waals surface area contributed by atoms with E-state index in [-0.39, 0.29) is 18.3 Å². The molecule has 5 heteroatoms. The smallest absolute Gasteiger partial charge is 0.262 e. The van der Waals surface area contributed by atoms with Crippen LogP contribution in [-0.4, -0.2) is 12.5 Å². The Bertz CT molecular complexity index is 690. The number of halogens is 1. The second-order valence-corrected chi connectivity index (χ2v) is 4.44. The minimum atomic E-state index is -0.386. The second-order valence-electron chi connectivity index (χ2n) is 4.44. The van der Waals surface area contributed by atoms with Crippen LogP contribution in [0.4, 0.5) is 10.1 Å². The van der Waals surface area contributed by atoms with Crippen molar-refractivity contribution in [2.24, 2.45) is 0 Å². The monoisotopic (exact) mass is 284 g/mol. The molecule has 0 saturated carbocycles. The SMILES string of the molecule is Cc1ccc(NC(=O)COc2ccc(C#N)cc2)cc1F. The molecule has 0 aliphatic heterocycles. The lowest BCUT2D eigenvalue weighted by atomic mass is 10.2. The number of nitriles is 1. The number of anilines is 1. The Balaban J connectivity index is 1.89. The van der Waals surface area contributed by atoms with E-state index in [0.29, 0.717) is 22.6 Å². The number of ether oxygens (including phenoxy) is 1. The molecule has 1 N–H and O–H groups in total. The lowest BCUT2D eigenvalue weighted by Gasteiger charge is -2.08. The van der Waals surface area contributed by atoms with Gasteiger partial charge in [0.25, 0.3) is 5.91 Å². The van der Waals surface area contributed by atoms with E-state index in [1.807, 2.05) is 6.07 Å². The van der Waals surface area contributed by atoms with E-state index < -0.39 is 0 Å². The lowest BCUT2D eigenvalue weighted by Crippen LogP contribution is -2.20. The fourth-order valence-electron chi connectivity index (χ4n) is 1.64. The highest BCUT2D eigenvalue weighted by Gasteiger charge is 2.05. The Morgan fingerprint density at radius 3 is 2.62 bits per heavy atom. The molecule has 0 aliphatic carbocycles. The predicted molar refractivity (Wildman–Crippen MR) is 76.4 cm³/mol. The van der Waals surface area contributed by atoms with Crippen molar-refractivity contribution in [1.82, 2.24) is 0 Å². The molecular weight excluding hydrogens is 271 g/mol. The molecule has 2 aromatic carbocycles. The number of benzene rings is 2. The number of amides is 1. The van der Waals surface area contributed by atoms with Crippen molar-refractivity contribution in [2.75, 3.05) is 11.9 Å². The topological polar surface area (TPSA) is 62.1 Å². The number of carbonyl (C=O) groups excluding carboxylic acids is 1. The van der Waals surface area contributed by atoms with E-state index in [0.717, 1.165) is 0 Å². The van der Waals surface area contributed by atoms with Crippen LogP contribution in [0.3, 0.4) is 0 Å². The van der Waals surface area contributed by atoms with Crippen LogP contribution in [0.25, 0.3) is 0 Å². The predicted octanol–water partition coefficient (Wildman–Crippen LogP) is 3.02. The molecule has 0 bridgehead atoms. The van der Waals surface area contributed by atoms with Crippen molar-refractivity contribution in [3.05, 3.63) is 59.4 Å². The van der Waals surface area contributed by atoms with E-state index >= 15 is 0 Å². The maximum absolute atomic E-state index is 13.3. The van der Waals surface area contributed by atoms with Gasteiger partial charge in [0.2, 0.25) is 0 Å². The summed E-state index contributed by atoms with van der Waals surface area (Å²) in [6.45, 7) is 1.45. The van der Waals surface area contributed by atoms with E-state index in [2.05, 4.69) is 5.32 Å². The fourth-order valence-corrected chi connectivity index (χ4v) is 1.64. The zero-order valence-electron chi connectivity index (χ0n) is 11.4. The molecule has 0 aromatic heterocycles. The van der Waals surface area contributed by atoms with Crippen LogP contribution in [0.2, 0.25) is 0 Å². The van der Waals surface area contributed by atoms with Crippen molar-refractivity contribution in [1.29, 1.82) is 5.26 Å². The largest absolute Gasteiger partial charge is 0.484 e. The zero-order valence-corrected chi connectivity index (χ0v) is 11.4. The number of nitrogens with one attached hydrogen (secondary N) is 1. The number of hydrogen-bond donors (Lipinski definition) is 1. The minimum absolute atomic E-state index is 0.193. The first-order chi connectivity index (χ1) is 10.1. The lowest BCUT2D eigenvalue weighted by molar-refractivity contribution is -0.118. The van der Waals surface area contributed by atoms with Gasteiger partial charge in [-0.05, 0) is 48.9 Å². The highest BCUT2D eigenvalue weighted by Crippen LogP contribution is 2.14. The minimum Gasteiger partial charge on any atom is -0.484 e. The Kier molecular flexibility index (Phi) is 4.52. The number of carbonyl (C=O) groups is 1. The molecular formula is C16H13FN2O2. The van der Waals surface area contributed by atoms with Crippen LogP contribution in [-0.2, 0) is 4.79 Å². The molecule has 4 nitrogen and oxygen atoms in total. The summed E-state index contributed by atoms with van der Waals surface area (Å²) in [5.74, 6) is -0.275. The summed E-state index contributed by atoms with van der Waals surface area (Å²) in [7, 11) is 0. The van der Waals surface area contributed by atoms with Crippen LogP contribution in [0, 0.1) is 24.1 Å². The van der Waals surface area contributed by atoms with Crippen LogP contribution in [0.1, 0.15) is 11.1 Å². The summed E-state index contributed by atoms with van der Waals surface area (Å²) in [5, 5.41) is 11.2. The summed E-state index contributed by atoms with van der Waals surface area (Å²) < 4.78 is 18.6. The van der Waals surface area contributed by atoms with Gasteiger partial charge in [-0.3, -0.25) is 4.79 Å². The van der Waals surface area contributed by atoms with Crippen LogP contribution < -0.4 is 10.1 Å². The number of nitrogens with zero attached hydrogens (tertiary/aromatic N) is 1. The molecule has 0 unspecified atom stereocenters. The van der Waals surface area contributed by atoms with Crippen LogP contribution in [0.5, 0.6) is 5.75 Å². The summed E-state index contributed by atoms with van der Waals surface area (Å²) in [4.78, 5) is 11.7. The molecule has 0 radical (unpaired) electrons. The molecule has 0 heterocycles. The molecule has 0 spiro atoms. The highest BCUT2D eigenvalue weighted by atomic mass is 19.1. The quantitative estimate of drug-likeness (QED) is 0.938. The third-order valence-corrected chi connectivity index (χ3v) is 2.81. The van der Waals surface area contributed by atoms with Gasteiger partial charge < -0.3 is 10.1 Å². The first-order valence-electron chi connectivity index (χ1n) is 6.27. The van der Waals surface area contributed by atoms with Crippen LogP contribution in [0.15, 0.2) is 42.5 Å². The van der Waals surface area contributed by atoms with E-state index in [9.17, 15) is 9.18 Å². The van der Waals surface area contributed by atoms with Crippen molar-refractivity contribution in [3.8, 4) is 11.8 Å². The molecule has 0 aliphatic rings. The van der Waals surface area contributed by atoms with Crippen molar-refractivity contribution < 1.29 is 13.9 Å². The molecule has 2 rings (SSSR count). The average molecular weight is 284 g/mol. The number of hydrogen-bond acceptors (Lipinski definition) is 3. The number of aryl methyl sites for hydroxylation is 1. The Labute approximate surface area is 121 Å². The van der Waals surface area contributed by atoms with Gasteiger partial charge >= 0.3 is 0 Å². The van der Waals surface area contributed by atoms with Gasteiger partial charge in [-0.25, -0.2) is 4.39 Å². The fraction of sp³-hybridized carbons (Fsp3) is 0.125. The number of rotatable bonds is 4.